The molecule has 1 saturated carbocycles. The number of piperidine rings is 1. The molecule has 0 radical (unpaired) electrons. The third-order valence-electron chi connectivity index (χ3n) is 5.04. The van der Waals surface area contributed by atoms with Crippen molar-refractivity contribution in [1.82, 2.24) is 9.88 Å². The summed E-state index contributed by atoms with van der Waals surface area (Å²) in [5, 5.41) is 12.9. The van der Waals surface area contributed by atoms with Gasteiger partial charge in [0.2, 0.25) is 5.88 Å². The first kappa shape index (κ1) is 17.0. The predicted molar refractivity (Wildman–Crippen MR) is 92.1 cm³/mol. The summed E-state index contributed by atoms with van der Waals surface area (Å²) in [6.45, 7) is 5.06. The van der Waals surface area contributed by atoms with E-state index >= 15 is 0 Å². The van der Waals surface area contributed by atoms with E-state index in [-0.39, 0.29) is 23.7 Å². The fourth-order valence-corrected chi connectivity index (χ4v) is 3.42. The number of likely N-dealkylation sites (tertiary alicyclic amines) is 1. The van der Waals surface area contributed by atoms with Crippen molar-refractivity contribution in [3.8, 4) is 5.88 Å². The highest BCUT2D eigenvalue weighted by Crippen LogP contribution is 2.29. The van der Waals surface area contributed by atoms with Crippen molar-refractivity contribution in [2.75, 3.05) is 18.4 Å². The number of aromatic nitrogens is 1. The zero-order valence-corrected chi connectivity index (χ0v) is 14.5. The lowest BCUT2D eigenvalue weighted by molar-refractivity contribution is -0.00966. The topological polar surface area (TPSA) is 74.7 Å². The van der Waals surface area contributed by atoms with Crippen molar-refractivity contribution in [2.24, 2.45) is 5.41 Å². The standard InChI is InChI=1S/C18H27N3O3/c1-18(2)12-21(10-9-15(18)22)17(23)20-13-7-8-16(19-11-13)24-14-5-3-4-6-14/h7-8,11,14-15,22H,3-6,9-10,12H2,1-2H3,(H,20,23). The van der Waals surface area contributed by atoms with Crippen LogP contribution in [0, 0.1) is 5.41 Å². The van der Waals surface area contributed by atoms with Gasteiger partial charge in [-0.05, 0) is 38.2 Å². The number of carbonyl (C=O) groups excluding carboxylic acids is 1. The molecule has 2 heterocycles. The van der Waals surface area contributed by atoms with Crippen molar-refractivity contribution in [3.63, 3.8) is 0 Å². The number of hydrogen-bond acceptors (Lipinski definition) is 4. The highest BCUT2D eigenvalue weighted by molar-refractivity contribution is 5.89. The molecule has 2 amide bonds. The van der Waals surface area contributed by atoms with Crippen LogP contribution >= 0.6 is 0 Å². The minimum atomic E-state index is -0.366. The zero-order valence-electron chi connectivity index (χ0n) is 14.5. The molecule has 0 bridgehead atoms. The summed E-state index contributed by atoms with van der Waals surface area (Å²) in [5.41, 5.74) is 0.370. The predicted octanol–water partition coefficient (Wildman–Crippen LogP) is 3.03. The van der Waals surface area contributed by atoms with Gasteiger partial charge in [0, 0.05) is 24.6 Å². The van der Waals surface area contributed by atoms with Crippen LogP contribution in [0.25, 0.3) is 0 Å². The van der Waals surface area contributed by atoms with Gasteiger partial charge in [-0.25, -0.2) is 9.78 Å². The van der Waals surface area contributed by atoms with E-state index < -0.39 is 0 Å². The Bertz CT molecular complexity index is 567. The number of anilines is 1. The molecule has 1 saturated heterocycles. The number of carbonyl (C=O) groups is 1. The van der Waals surface area contributed by atoms with E-state index in [9.17, 15) is 9.90 Å². The molecule has 1 aliphatic heterocycles. The Morgan fingerprint density at radius 2 is 2.08 bits per heavy atom. The number of urea groups is 1. The van der Waals surface area contributed by atoms with E-state index in [1.165, 1.54) is 12.8 Å². The summed E-state index contributed by atoms with van der Waals surface area (Å²) in [5.74, 6) is 0.613. The number of amides is 2. The highest BCUT2D eigenvalue weighted by Gasteiger charge is 2.36. The van der Waals surface area contributed by atoms with Crippen LogP contribution in [-0.2, 0) is 0 Å². The molecule has 1 aromatic rings. The van der Waals surface area contributed by atoms with Crippen molar-refractivity contribution in [1.29, 1.82) is 0 Å². The first-order chi connectivity index (χ1) is 11.4. The Kier molecular flexibility index (Phi) is 4.94. The number of aliphatic hydroxyl groups is 1. The second-order valence-corrected chi connectivity index (χ2v) is 7.55. The number of aliphatic hydroxyl groups excluding tert-OH is 1. The highest BCUT2D eigenvalue weighted by atomic mass is 16.5. The third-order valence-corrected chi connectivity index (χ3v) is 5.04. The first-order valence-electron chi connectivity index (χ1n) is 8.81. The lowest BCUT2D eigenvalue weighted by Gasteiger charge is -2.41. The SMILES string of the molecule is CC1(C)CN(C(=O)Nc2ccc(OC3CCCC3)nc2)CCC1O. The van der Waals surface area contributed by atoms with E-state index in [2.05, 4.69) is 10.3 Å². The molecule has 3 rings (SSSR count). The molecular weight excluding hydrogens is 306 g/mol. The summed E-state index contributed by atoms with van der Waals surface area (Å²) in [7, 11) is 0. The van der Waals surface area contributed by atoms with Gasteiger partial charge < -0.3 is 20.1 Å². The van der Waals surface area contributed by atoms with Crippen LogP contribution < -0.4 is 10.1 Å². The molecule has 2 N–H and O–H groups in total. The van der Waals surface area contributed by atoms with Crippen molar-refractivity contribution in [3.05, 3.63) is 18.3 Å². The number of hydrogen-bond donors (Lipinski definition) is 2. The first-order valence-corrected chi connectivity index (χ1v) is 8.81. The van der Waals surface area contributed by atoms with Crippen LogP contribution in [0.15, 0.2) is 18.3 Å². The van der Waals surface area contributed by atoms with Gasteiger partial charge in [0.15, 0.2) is 0 Å². The van der Waals surface area contributed by atoms with Crippen molar-refractivity contribution >= 4 is 11.7 Å². The number of nitrogens with one attached hydrogen (secondary N) is 1. The monoisotopic (exact) mass is 333 g/mol. The van der Waals surface area contributed by atoms with Crippen LogP contribution in [-0.4, -0.2) is 46.3 Å². The summed E-state index contributed by atoms with van der Waals surface area (Å²) in [6.07, 6.45) is 6.78. The van der Waals surface area contributed by atoms with Gasteiger partial charge in [0.05, 0.1) is 18.0 Å². The van der Waals surface area contributed by atoms with Crippen LogP contribution in [0.4, 0.5) is 10.5 Å². The largest absolute Gasteiger partial charge is 0.474 e. The van der Waals surface area contributed by atoms with E-state index in [1.807, 2.05) is 19.9 Å². The van der Waals surface area contributed by atoms with E-state index in [1.54, 1.807) is 17.2 Å². The number of nitrogens with zero attached hydrogens (tertiary/aromatic N) is 2. The van der Waals surface area contributed by atoms with Gasteiger partial charge in [-0.2, -0.15) is 0 Å². The van der Waals surface area contributed by atoms with Crippen LogP contribution in [0.1, 0.15) is 46.0 Å². The smallest absolute Gasteiger partial charge is 0.321 e. The van der Waals surface area contributed by atoms with Crippen LogP contribution in [0.5, 0.6) is 5.88 Å². The Labute approximate surface area is 143 Å². The molecular formula is C18H27N3O3. The number of pyridine rings is 1. The average Bonchev–Trinajstić information content (AvgIpc) is 3.05. The number of ether oxygens (including phenoxy) is 1. The molecule has 2 fully saturated rings. The molecule has 1 aliphatic carbocycles. The number of rotatable bonds is 3. The second-order valence-electron chi connectivity index (χ2n) is 7.55. The molecule has 6 nitrogen and oxygen atoms in total. The Morgan fingerprint density at radius 1 is 1.33 bits per heavy atom. The van der Waals surface area contributed by atoms with Crippen molar-refractivity contribution in [2.45, 2.75) is 58.2 Å². The minimum Gasteiger partial charge on any atom is -0.474 e. The van der Waals surface area contributed by atoms with Gasteiger partial charge >= 0.3 is 6.03 Å². The molecule has 2 aliphatic rings. The van der Waals surface area contributed by atoms with Gasteiger partial charge in [0.1, 0.15) is 6.10 Å². The Hall–Kier alpha value is -1.82. The maximum atomic E-state index is 12.4. The molecule has 0 spiro atoms. The molecule has 1 unspecified atom stereocenters. The van der Waals surface area contributed by atoms with Gasteiger partial charge in [-0.3, -0.25) is 0 Å². The third kappa shape index (κ3) is 3.98. The van der Waals surface area contributed by atoms with Crippen molar-refractivity contribution < 1.29 is 14.6 Å². The second kappa shape index (κ2) is 6.97. The lowest BCUT2D eigenvalue weighted by Crippen LogP contribution is -2.51. The van der Waals surface area contributed by atoms with Crippen LogP contribution in [0.2, 0.25) is 0 Å². The van der Waals surface area contributed by atoms with Gasteiger partial charge in [-0.1, -0.05) is 13.8 Å². The van der Waals surface area contributed by atoms with E-state index in [0.717, 1.165) is 12.8 Å². The van der Waals surface area contributed by atoms with Gasteiger partial charge in [0.25, 0.3) is 0 Å². The minimum absolute atomic E-state index is 0.152. The average molecular weight is 333 g/mol. The summed E-state index contributed by atoms with van der Waals surface area (Å²) < 4.78 is 5.83. The Morgan fingerprint density at radius 3 is 2.71 bits per heavy atom. The van der Waals surface area contributed by atoms with E-state index in [0.29, 0.717) is 31.1 Å². The van der Waals surface area contributed by atoms with Gasteiger partial charge in [-0.15, -0.1) is 0 Å². The molecule has 1 aromatic heterocycles. The normalized spacial score (nSPS) is 24.0. The molecule has 0 aromatic carbocycles. The fraction of sp³-hybridized carbons (Fsp3) is 0.667. The summed E-state index contributed by atoms with van der Waals surface area (Å²) >= 11 is 0. The molecule has 1 atom stereocenters. The zero-order chi connectivity index (χ0) is 17.2. The fourth-order valence-electron chi connectivity index (χ4n) is 3.42. The Balaban J connectivity index is 1.54. The molecule has 6 heteroatoms. The molecule has 132 valence electrons. The van der Waals surface area contributed by atoms with Crippen LogP contribution in [0.3, 0.4) is 0 Å². The lowest BCUT2D eigenvalue weighted by atomic mass is 9.81. The van der Waals surface area contributed by atoms with E-state index in [4.69, 9.17) is 4.74 Å². The molecule has 24 heavy (non-hydrogen) atoms. The maximum absolute atomic E-state index is 12.4. The summed E-state index contributed by atoms with van der Waals surface area (Å²) in [4.78, 5) is 18.4. The summed E-state index contributed by atoms with van der Waals surface area (Å²) in [6, 6.07) is 3.47. The quantitative estimate of drug-likeness (QED) is 0.891. The maximum Gasteiger partial charge on any atom is 0.321 e.